The quantitative estimate of drug-likeness (QED) is 0.152. The van der Waals surface area contributed by atoms with Crippen LogP contribution in [0.2, 0.25) is 0 Å². The molecule has 0 saturated heterocycles. The molecule has 17 rings (SSSR count). The van der Waals surface area contributed by atoms with Crippen LogP contribution in [0.1, 0.15) is 5.56 Å². The summed E-state index contributed by atoms with van der Waals surface area (Å²) in [6.07, 6.45) is 2.06. The first-order valence-corrected chi connectivity index (χ1v) is 28.4. The first-order valence-electron chi connectivity index (χ1n) is 28.4. The van der Waals surface area contributed by atoms with Gasteiger partial charge < -0.3 is 18.3 Å². The van der Waals surface area contributed by atoms with Gasteiger partial charge in [-0.2, -0.15) is 13.2 Å². The van der Waals surface area contributed by atoms with E-state index in [1.54, 1.807) is 24.8 Å². The predicted octanol–water partition coefficient (Wildman–Crippen LogP) is 19.3. The number of hydrogen-bond donors (Lipinski definition) is 0. The zero-order valence-electron chi connectivity index (χ0n) is 45.7. The highest BCUT2D eigenvalue weighted by molar-refractivity contribution is 6.16. The van der Waals surface area contributed by atoms with Crippen LogP contribution in [0.25, 0.3) is 155 Å². The van der Waals surface area contributed by atoms with Crippen molar-refractivity contribution in [1.82, 2.24) is 38.2 Å². The highest BCUT2D eigenvalue weighted by atomic mass is 19.4. The molecule has 0 radical (unpaired) electrons. The lowest BCUT2D eigenvalue weighted by Crippen LogP contribution is -2.20. The van der Waals surface area contributed by atoms with Gasteiger partial charge in [0.25, 0.3) is 0 Å². The molecular weight excluding hydrogens is 1070 g/mol. The van der Waals surface area contributed by atoms with Gasteiger partial charge in [0, 0.05) is 90.1 Å². The molecule has 0 aliphatic rings. The molecule has 0 unspecified atom stereocenters. The molecule has 0 spiro atoms. The van der Waals surface area contributed by atoms with Crippen LogP contribution in [0.5, 0.6) is 0 Å². The molecular formula is C75H45F3N8. The number of fused-ring (bicyclic) bond motifs is 12. The summed E-state index contributed by atoms with van der Waals surface area (Å²) < 4.78 is 63.3. The minimum absolute atomic E-state index is 0.0347. The van der Waals surface area contributed by atoms with Crippen molar-refractivity contribution in [2.45, 2.75) is 6.18 Å². The van der Waals surface area contributed by atoms with Crippen molar-refractivity contribution in [3.63, 3.8) is 0 Å². The molecule has 8 heterocycles. The average molecular weight is 1120 g/mol. The zero-order valence-corrected chi connectivity index (χ0v) is 45.7. The minimum Gasteiger partial charge on any atom is -0.307 e. The van der Waals surface area contributed by atoms with Crippen LogP contribution in [-0.4, -0.2) is 38.2 Å². The second-order valence-corrected chi connectivity index (χ2v) is 21.7. The van der Waals surface area contributed by atoms with E-state index in [-0.39, 0.29) is 11.4 Å². The van der Waals surface area contributed by atoms with E-state index in [2.05, 4.69) is 33.4 Å². The first kappa shape index (κ1) is 49.2. The minimum atomic E-state index is -5.03. The van der Waals surface area contributed by atoms with Crippen molar-refractivity contribution in [2.24, 2.45) is 0 Å². The topological polar surface area (TPSA) is 71.3 Å². The second-order valence-electron chi connectivity index (χ2n) is 21.7. The lowest BCUT2D eigenvalue weighted by molar-refractivity contribution is -0.137. The summed E-state index contributed by atoms with van der Waals surface area (Å²) >= 11 is 0. The second kappa shape index (κ2) is 19.1. The van der Waals surface area contributed by atoms with Crippen molar-refractivity contribution in [1.29, 1.82) is 0 Å². The largest absolute Gasteiger partial charge is 0.420 e. The third kappa shape index (κ3) is 7.50. The van der Waals surface area contributed by atoms with Gasteiger partial charge in [-0.1, -0.05) is 121 Å². The van der Waals surface area contributed by atoms with Crippen molar-refractivity contribution in [2.75, 3.05) is 0 Å². The summed E-state index contributed by atoms with van der Waals surface area (Å²) in [7, 11) is 0. The van der Waals surface area contributed by atoms with Gasteiger partial charge in [-0.15, -0.1) is 0 Å². The van der Waals surface area contributed by atoms with E-state index in [1.165, 1.54) is 0 Å². The number of aromatic nitrogens is 8. The number of para-hydroxylation sites is 4. The Bertz CT molecular complexity index is 4930. The third-order valence-corrected chi connectivity index (χ3v) is 17.0. The first-order chi connectivity index (χ1) is 42.3. The van der Waals surface area contributed by atoms with Gasteiger partial charge in [-0.05, 0) is 127 Å². The van der Waals surface area contributed by atoms with E-state index in [4.69, 9.17) is 19.9 Å². The van der Waals surface area contributed by atoms with Crippen molar-refractivity contribution >= 4 is 87.2 Å². The standard InChI is InChI=1S/C75H45F3N8/c76-75(77,78)72-73(85-62-25-5-1-17-50(62)51-18-2-6-26-63(51)85)70(83-66-33-29-46(58-21-9-13-37-79-58)41-54(66)55-42-47(30-34-67(55)83)59-22-10-14-38-80-59)45-71(74(72)86-64-27-7-3-19-52(64)53-20-4-8-28-65(53)86)84-68-35-31-48(60-23-11-15-39-81-60)43-56(68)57-44-49(32-36-69(57)84)61-24-12-16-40-82-61/h1-45H. The Hall–Kier alpha value is -11.4. The normalized spacial score (nSPS) is 12.1. The summed E-state index contributed by atoms with van der Waals surface area (Å²) in [5.41, 5.74) is 11.5. The molecule has 0 N–H and O–H groups in total. The molecule has 0 fully saturated rings. The van der Waals surface area contributed by atoms with Gasteiger partial charge >= 0.3 is 6.18 Å². The maximum atomic E-state index is 18.5. The molecule has 0 aliphatic heterocycles. The number of halogens is 3. The Kier molecular flexibility index (Phi) is 10.9. The molecule has 406 valence electrons. The van der Waals surface area contributed by atoms with Crippen LogP contribution in [0, 0.1) is 0 Å². The molecule has 8 aromatic heterocycles. The Morgan fingerprint density at radius 3 is 0.756 bits per heavy atom. The zero-order chi connectivity index (χ0) is 57.2. The number of pyridine rings is 4. The lowest BCUT2D eigenvalue weighted by Gasteiger charge is -2.28. The molecule has 9 aromatic carbocycles. The van der Waals surface area contributed by atoms with Crippen LogP contribution >= 0.6 is 0 Å². The molecule has 8 nitrogen and oxygen atoms in total. The molecule has 11 heteroatoms. The van der Waals surface area contributed by atoms with E-state index in [0.717, 1.165) is 88.1 Å². The summed E-state index contributed by atoms with van der Waals surface area (Å²) in [5, 5.41) is 6.61. The van der Waals surface area contributed by atoms with Gasteiger partial charge in [0.2, 0.25) is 0 Å². The number of nitrogens with zero attached hydrogens (tertiary/aromatic N) is 8. The van der Waals surface area contributed by atoms with Crippen LogP contribution in [0.3, 0.4) is 0 Å². The molecule has 86 heavy (non-hydrogen) atoms. The van der Waals surface area contributed by atoms with Gasteiger partial charge in [0.1, 0.15) is 5.56 Å². The van der Waals surface area contributed by atoms with Crippen LogP contribution in [0.4, 0.5) is 13.2 Å². The highest BCUT2D eigenvalue weighted by Gasteiger charge is 2.43. The summed E-state index contributed by atoms with van der Waals surface area (Å²) in [4.78, 5) is 19.1. The van der Waals surface area contributed by atoms with E-state index in [0.29, 0.717) is 55.5 Å². The van der Waals surface area contributed by atoms with E-state index in [9.17, 15) is 0 Å². The fourth-order valence-corrected chi connectivity index (χ4v) is 13.4. The molecule has 17 aromatic rings. The molecule has 0 aliphatic carbocycles. The Morgan fingerprint density at radius 1 is 0.244 bits per heavy atom. The van der Waals surface area contributed by atoms with Gasteiger partial charge in [0.15, 0.2) is 0 Å². The fraction of sp³-hybridized carbons (Fsp3) is 0.0133. The van der Waals surface area contributed by atoms with Gasteiger partial charge in [-0.3, -0.25) is 19.9 Å². The van der Waals surface area contributed by atoms with Gasteiger partial charge in [-0.25, -0.2) is 0 Å². The number of alkyl halides is 3. The van der Waals surface area contributed by atoms with Crippen LogP contribution in [0.15, 0.2) is 274 Å². The predicted molar refractivity (Wildman–Crippen MR) is 342 cm³/mol. The van der Waals surface area contributed by atoms with Crippen molar-refractivity contribution in [3.8, 4) is 67.8 Å². The molecule has 0 amide bonds. The number of hydrogen-bond acceptors (Lipinski definition) is 4. The summed E-state index contributed by atoms with van der Waals surface area (Å²) in [5.74, 6) is 0. The SMILES string of the molecule is FC(F)(F)c1c(-n2c3ccccc3c3ccccc32)c(-n2c3ccc(-c4ccccn4)cc3c3cc(-c4ccccn4)ccc32)cc(-n2c3ccc(-c4ccccn4)cc3c3cc(-c4ccccn4)ccc32)c1-n1c2ccccc2c2ccccc21. The number of rotatable bonds is 8. The third-order valence-electron chi connectivity index (χ3n) is 17.0. The summed E-state index contributed by atoms with van der Waals surface area (Å²) in [6, 6.07) is 81.1. The van der Waals surface area contributed by atoms with E-state index in [1.807, 2.05) is 234 Å². The summed E-state index contributed by atoms with van der Waals surface area (Å²) in [6.45, 7) is 0. The average Bonchev–Trinajstić information content (AvgIpc) is 2.05. The number of benzene rings is 9. The fourth-order valence-electron chi connectivity index (χ4n) is 13.4. The highest BCUT2D eigenvalue weighted by Crippen LogP contribution is 2.52. The van der Waals surface area contributed by atoms with Crippen molar-refractivity contribution < 1.29 is 13.2 Å². The van der Waals surface area contributed by atoms with Crippen molar-refractivity contribution in [3.05, 3.63) is 279 Å². The smallest absolute Gasteiger partial charge is 0.307 e. The molecule has 0 atom stereocenters. The van der Waals surface area contributed by atoms with E-state index >= 15 is 13.2 Å². The Morgan fingerprint density at radius 2 is 0.500 bits per heavy atom. The molecule has 0 bridgehead atoms. The Labute approximate surface area is 489 Å². The van der Waals surface area contributed by atoms with Crippen LogP contribution < -0.4 is 0 Å². The van der Waals surface area contributed by atoms with E-state index < -0.39 is 11.7 Å². The van der Waals surface area contributed by atoms with Crippen LogP contribution in [-0.2, 0) is 6.18 Å². The van der Waals surface area contributed by atoms with Gasteiger partial charge in [0.05, 0.1) is 89.7 Å². The Balaban J connectivity index is 1.12. The lowest BCUT2D eigenvalue weighted by atomic mass is 10.0. The maximum Gasteiger partial charge on any atom is 0.420 e. The maximum absolute atomic E-state index is 18.5. The monoisotopic (exact) mass is 1110 g/mol. The molecule has 0 saturated carbocycles.